The number of aryl methyl sites for hydroxylation is 1. The molecule has 4 amide bonds. The summed E-state index contributed by atoms with van der Waals surface area (Å²) in [6.45, 7) is 8.32. The SMILES string of the molecule is Cc1cc(=O)oc2cc(NC(=O)OCc3ccc(NC(=O)[C@H](CCCN4CCCCC4)NC(=O)[C@@H](NC(=O)OCc4ccccc4)C(C)C)cc3)ccc12. The number of fused-ring (bicyclic) bond motifs is 1. The van der Waals surface area contributed by atoms with E-state index in [4.69, 9.17) is 13.9 Å². The minimum Gasteiger partial charge on any atom is -0.445 e. The van der Waals surface area contributed by atoms with Gasteiger partial charge in [-0.25, -0.2) is 14.4 Å². The molecule has 0 spiro atoms. The van der Waals surface area contributed by atoms with Crippen LogP contribution in [0.15, 0.2) is 88.1 Å². The number of amides is 4. The summed E-state index contributed by atoms with van der Waals surface area (Å²) in [4.78, 5) is 66.5. The number of carbonyl (C=O) groups excluding carboxylic acids is 4. The topological polar surface area (TPSA) is 168 Å². The minimum absolute atomic E-state index is 0.0333. The molecule has 2 atom stereocenters. The number of likely N-dealkylation sites (tertiary alicyclic amines) is 1. The predicted molar refractivity (Wildman–Crippen MR) is 206 cm³/mol. The van der Waals surface area contributed by atoms with Crippen LogP contribution in [0.2, 0.25) is 0 Å². The van der Waals surface area contributed by atoms with E-state index < -0.39 is 35.8 Å². The van der Waals surface area contributed by atoms with E-state index in [1.807, 2.05) is 51.1 Å². The van der Waals surface area contributed by atoms with E-state index in [9.17, 15) is 24.0 Å². The van der Waals surface area contributed by atoms with Gasteiger partial charge in [0.05, 0.1) is 0 Å². The van der Waals surface area contributed by atoms with E-state index >= 15 is 0 Å². The maximum atomic E-state index is 13.6. The Morgan fingerprint density at radius 3 is 2.13 bits per heavy atom. The number of nitrogens with one attached hydrogen (secondary N) is 4. The average molecular weight is 740 g/mol. The van der Waals surface area contributed by atoms with Gasteiger partial charge in [0.1, 0.15) is 30.9 Å². The molecule has 3 aromatic carbocycles. The second kappa shape index (κ2) is 19.4. The van der Waals surface area contributed by atoms with E-state index in [2.05, 4.69) is 26.2 Å². The Kier molecular flexibility index (Phi) is 14.2. The Morgan fingerprint density at radius 2 is 1.43 bits per heavy atom. The minimum atomic E-state index is -0.923. The fourth-order valence-electron chi connectivity index (χ4n) is 6.28. The maximum absolute atomic E-state index is 13.6. The third-order valence-corrected chi connectivity index (χ3v) is 9.27. The van der Waals surface area contributed by atoms with Crippen LogP contribution in [0, 0.1) is 12.8 Å². The van der Waals surface area contributed by atoms with Gasteiger partial charge in [-0.05, 0) is 99.1 Å². The summed E-state index contributed by atoms with van der Waals surface area (Å²) < 4.78 is 16.0. The number of hydrogen-bond acceptors (Lipinski definition) is 9. The van der Waals surface area contributed by atoms with Crippen molar-refractivity contribution < 1.29 is 33.1 Å². The van der Waals surface area contributed by atoms with Gasteiger partial charge >= 0.3 is 17.8 Å². The number of hydrogen-bond donors (Lipinski definition) is 4. The number of carbonyl (C=O) groups is 4. The van der Waals surface area contributed by atoms with E-state index in [0.717, 1.165) is 49.0 Å². The Labute approximate surface area is 314 Å². The lowest BCUT2D eigenvalue weighted by atomic mass is 10.0. The molecule has 0 radical (unpaired) electrons. The molecule has 0 aliphatic carbocycles. The molecule has 2 heterocycles. The van der Waals surface area contributed by atoms with Crippen molar-refractivity contribution in [3.63, 3.8) is 0 Å². The van der Waals surface area contributed by atoms with Crippen molar-refractivity contribution in [3.8, 4) is 0 Å². The molecule has 1 aliphatic rings. The predicted octanol–water partition coefficient (Wildman–Crippen LogP) is 6.49. The lowest BCUT2D eigenvalue weighted by molar-refractivity contribution is -0.128. The first-order valence-electron chi connectivity index (χ1n) is 18.4. The van der Waals surface area contributed by atoms with Gasteiger partial charge in [-0.3, -0.25) is 14.9 Å². The van der Waals surface area contributed by atoms with Gasteiger partial charge in [0, 0.05) is 28.9 Å². The van der Waals surface area contributed by atoms with Crippen molar-refractivity contribution in [1.82, 2.24) is 15.5 Å². The van der Waals surface area contributed by atoms with Crippen molar-refractivity contribution in [2.75, 3.05) is 30.3 Å². The zero-order valence-corrected chi connectivity index (χ0v) is 31.0. The van der Waals surface area contributed by atoms with Crippen LogP contribution in [0.25, 0.3) is 11.0 Å². The number of piperidine rings is 1. The number of rotatable bonds is 15. The first-order chi connectivity index (χ1) is 26.0. The first kappa shape index (κ1) is 39.5. The number of ether oxygens (including phenoxy) is 2. The quantitative estimate of drug-likeness (QED) is 0.0997. The number of benzene rings is 3. The molecule has 286 valence electrons. The summed E-state index contributed by atoms with van der Waals surface area (Å²) in [6, 6.07) is 20.7. The molecule has 1 aliphatic heterocycles. The monoisotopic (exact) mass is 739 g/mol. The van der Waals surface area contributed by atoms with Crippen molar-refractivity contribution in [1.29, 1.82) is 0 Å². The molecule has 5 rings (SSSR count). The van der Waals surface area contributed by atoms with Crippen LogP contribution in [-0.4, -0.2) is 60.6 Å². The summed E-state index contributed by atoms with van der Waals surface area (Å²) in [5.74, 6) is -1.14. The van der Waals surface area contributed by atoms with Crippen LogP contribution < -0.4 is 26.9 Å². The molecule has 1 aromatic heterocycles. The van der Waals surface area contributed by atoms with E-state index in [1.54, 1.807) is 42.5 Å². The summed E-state index contributed by atoms with van der Waals surface area (Å²) in [6.07, 6.45) is 3.21. The largest absolute Gasteiger partial charge is 0.445 e. The molecule has 0 saturated carbocycles. The Bertz CT molecular complexity index is 1940. The molecular weight excluding hydrogens is 690 g/mol. The van der Waals surface area contributed by atoms with E-state index in [1.165, 1.54) is 12.5 Å². The van der Waals surface area contributed by atoms with Crippen molar-refractivity contribution in [2.45, 2.75) is 78.2 Å². The molecule has 54 heavy (non-hydrogen) atoms. The van der Waals surface area contributed by atoms with Crippen LogP contribution >= 0.6 is 0 Å². The van der Waals surface area contributed by atoms with Crippen LogP contribution in [0.4, 0.5) is 21.0 Å². The molecule has 1 saturated heterocycles. The molecule has 13 nitrogen and oxygen atoms in total. The molecule has 0 bridgehead atoms. The van der Waals surface area contributed by atoms with Crippen molar-refractivity contribution >= 4 is 46.3 Å². The van der Waals surface area contributed by atoms with Crippen LogP contribution in [-0.2, 0) is 32.3 Å². The second-order valence-corrected chi connectivity index (χ2v) is 13.9. The summed E-state index contributed by atoms with van der Waals surface area (Å²) >= 11 is 0. The Hall–Kier alpha value is -5.69. The average Bonchev–Trinajstić information content (AvgIpc) is 3.16. The van der Waals surface area contributed by atoms with Gasteiger partial charge in [-0.2, -0.15) is 0 Å². The molecule has 4 N–H and O–H groups in total. The van der Waals surface area contributed by atoms with Gasteiger partial charge in [0.25, 0.3) is 0 Å². The highest BCUT2D eigenvalue weighted by atomic mass is 16.6. The highest BCUT2D eigenvalue weighted by Gasteiger charge is 2.29. The van der Waals surface area contributed by atoms with Crippen LogP contribution in [0.5, 0.6) is 0 Å². The molecule has 4 aromatic rings. The lowest BCUT2D eigenvalue weighted by Gasteiger charge is -2.28. The fourth-order valence-corrected chi connectivity index (χ4v) is 6.28. The van der Waals surface area contributed by atoms with Crippen molar-refractivity contribution in [2.24, 2.45) is 5.92 Å². The summed E-state index contributed by atoms with van der Waals surface area (Å²) in [5.41, 5.74) is 3.07. The van der Waals surface area contributed by atoms with Gasteiger partial charge in [0.2, 0.25) is 11.8 Å². The Balaban J connectivity index is 1.16. The van der Waals surface area contributed by atoms with Gasteiger partial charge in [-0.15, -0.1) is 0 Å². The zero-order chi connectivity index (χ0) is 38.5. The lowest BCUT2D eigenvalue weighted by Crippen LogP contribution is -2.54. The zero-order valence-electron chi connectivity index (χ0n) is 31.0. The number of anilines is 2. The molecule has 0 unspecified atom stereocenters. The number of nitrogens with zero attached hydrogens (tertiary/aromatic N) is 1. The second-order valence-electron chi connectivity index (χ2n) is 13.9. The fraction of sp³-hybridized carbons (Fsp3) is 0.390. The molecular formula is C41H49N5O8. The van der Waals surface area contributed by atoms with Crippen molar-refractivity contribution in [3.05, 3.63) is 106 Å². The van der Waals surface area contributed by atoms with E-state index in [0.29, 0.717) is 35.4 Å². The first-order valence-corrected chi connectivity index (χ1v) is 18.4. The maximum Gasteiger partial charge on any atom is 0.411 e. The standard InChI is InChI=1S/C41H49N5O8/c1-27(2)37(45-41(51)53-25-29-11-6-4-7-12-29)39(49)44-34(13-10-22-46-20-8-5-9-21-46)38(48)42-31-16-14-30(15-17-31)26-52-40(50)43-32-18-19-33-28(3)23-36(47)54-35(33)24-32/h4,6-7,11-12,14-19,23-24,27,34,37H,5,8-10,13,20-22,25-26H2,1-3H3,(H,42,48)(H,43,50)(H,44,49)(H,45,51)/t34-,37-/m0/s1. The summed E-state index contributed by atoms with van der Waals surface area (Å²) in [7, 11) is 0. The third kappa shape index (κ3) is 11.9. The smallest absolute Gasteiger partial charge is 0.411 e. The summed E-state index contributed by atoms with van der Waals surface area (Å²) in [5, 5.41) is 11.9. The number of alkyl carbamates (subject to hydrolysis) is 1. The van der Waals surface area contributed by atoms with E-state index in [-0.39, 0.29) is 25.0 Å². The van der Waals surface area contributed by atoms with Crippen LogP contribution in [0.3, 0.4) is 0 Å². The van der Waals surface area contributed by atoms with Gasteiger partial charge < -0.3 is 34.7 Å². The van der Waals surface area contributed by atoms with Gasteiger partial charge in [-0.1, -0.05) is 62.7 Å². The highest BCUT2D eigenvalue weighted by Crippen LogP contribution is 2.21. The van der Waals surface area contributed by atoms with Crippen LogP contribution in [0.1, 0.15) is 62.6 Å². The third-order valence-electron chi connectivity index (χ3n) is 9.27. The van der Waals surface area contributed by atoms with Gasteiger partial charge in [0.15, 0.2) is 0 Å². The normalized spacial score (nSPS) is 14.1. The molecule has 13 heteroatoms. The highest BCUT2D eigenvalue weighted by molar-refractivity contribution is 5.98. The molecule has 1 fully saturated rings. The Morgan fingerprint density at radius 1 is 0.759 bits per heavy atom.